The van der Waals surface area contributed by atoms with Crippen LogP contribution >= 0.6 is 0 Å². The zero-order valence-corrected chi connectivity index (χ0v) is 20.3. The highest BCUT2D eigenvalue weighted by molar-refractivity contribution is 5.26. The zero-order valence-electron chi connectivity index (χ0n) is 20.3. The summed E-state index contributed by atoms with van der Waals surface area (Å²) in [6, 6.07) is 0. The summed E-state index contributed by atoms with van der Waals surface area (Å²) in [6.07, 6.45) is 17.1. The molecular formula is C28H48O. The SMILES string of the molecule is CC(C)CCC[C@@H](C)[C@@H]1CC[C@@H]2[C@@H]3CC=C4C[C@@](C)(O)CC[C@]4(C)[C@@H]3CC[C@]21C. The van der Waals surface area contributed by atoms with Gasteiger partial charge in [0.25, 0.3) is 0 Å². The Hall–Kier alpha value is -0.300. The number of hydrogen-bond donors (Lipinski definition) is 1. The van der Waals surface area contributed by atoms with Gasteiger partial charge in [-0.05, 0) is 105 Å². The molecule has 4 aliphatic carbocycles. The fraction of sp³-hybridized carbons (Fsp3) is 0.929. The Kier molecular flexibility index (Phi) is 5.81. The molecule has 8 atom stereocenters. The molecule has 1 heteroatoms. The van der Waals surface area contributed by atoms with Gasteiger partial charge in [0.1, 0.15) is 0 Å². The Morgan fingerprint density at radius 2 is 1.72 bits per heavy atom. The highest BCUT2D eigenvalue weighted by Crippen LogP contribution is 2.67. The minimum atomic E-state index is -0.467. The van der Waals surface area contributed by atoms with E-state index >= 15 is 0 Å². The Bertz CT molecular complexity index is 630. The summed E-state index contributed by atoms with van der Waals surface area (Å²) in [5, 5.41) is 10.7. The van der Waals surface area contributed by atoms with Crippen molar-refractivity contribution >= 4 is 0 Å². The summed E-state index contributed by atoms with van der Waals surface area (Å²) in [5.41, 5.74) is 2.09. The quantitative estimate of drug-likeness (QED) is 0.467. The van der Waals surface area contributed by atoms with Crippen LogP contribution in [0.1, 0.15) is 112 Å². The first-order chi connectivity index (χ1) is 13.6. The molecule has 4 aliphatic rings. The number of hydrogen-bond acceptors (Lipinski definition) is 1. The first-order valence-corrected chi connectivity index (χ1v) is 13.0. The van der Waals surface area contributed by atoms with Crippen LogP contribution in [0.4, 0.5) is 0 Å². The summed E-state index contributed by atoms with van der Waals surface area (Å²) in [6.45, 7) is 14.6. The van der Waals surface area contributed by atoms with Crippen molar-refractivity contribution < 1.29 is 5.11 Å². The minimum absolute atomic E-state index is 0.369. The van der Waals surface area contributed by atoms with Crippen LogP contribution in [0.15, 0.2) is 11.6 Å². The second-order valence-electron chi connectivity index (χ2n) is 13.0. The molecule has 0 spiro atoms. The van der Waals surface area contributed by atoms with Crippen molar-refractivity contribution in [2.45, 2.75) is 118 Å². The van der Waals surface area contributed by atoms with E-state index in [4.69, 9.17) is 0 Å². The first-order valence-electron chi connectivity index (χ1n) is 13.0. The van der Waals surface area contributed by atoms with Gasteiger partial charge in [-0.1, -0.05) is 65.5 Å². The van der Waals surface area contributed by atoms with Gasteiger partial charge >= 0.3 is 0 Å². The van der Waals surface area contributed by atoms with Crippen molar-refractivity contribution in [3.8, 4) is 0 Å². The molecule has 1 N–H and O–H groups in total. The molecule has 1 nitrogen and oxygen atoms in total. The standard InChI is InChI=1S/C28H48O/c1-19(2)8-7-9-20(3)23-12-13-24-22-11-10-21-18-26(4,29)16-17-27(21,5)25(22)14-15-28(23,24)6/h10,19-20,22-25,29H,7-9,11-18H2,1-6H3/t20-,22+,23+,24-,25-,26+,27+,28+/m1/s1. The number of rotatable bonds is 5. The fourth-order valence-electron chi connectivity index (χ4n) is 8.83. The van der Waals surface area contributed by atoms with Crippen molar-refractivity contribution in [2.24, 2.45) is 46.3 Å². The van der Waals surface area contributed by atoms with Crippen molar-refractivity contribution in [1.29, 1.82) is 0 Å². The van der Waals surface area contributed by atoms with Gasteiger partial charge in [0.2, 0.25) is 0 Å². The molecule has 0 heterocycles. The molecule has 0 aromatic heterocycles. The van der Waals surface area contributed by atoms with Crippen LogP contribution in [-0.4, -0.2) is 10.7 Å². The summed E-state index contributed by atoms with van der Waals surface area (Å²) in [7, 11) is 0. The largest absolute Gasteiger partial charge is 0.390 e. The van der Waals surface area contributed by atoms with E-state index in [1.807, 2.05) is 0 Å². The van der Waals surface area contributed by atoms with E-state index < -0.39 is 5.60 Å². The van der Waals surface area contributed by atoms with E-state index in [0.717, 1.165) is 48.3 Å². The molecule has 166 valence electrons. The summed E-state index contributed by atoms with van der Waals surface area (Å²) < 4.78 is 0. The lowest BCUT2D eigenvalue weighted by Gasteiger charge is -2.59. The van der Waals surface area contributed by atoms with Crippen LogP contribution in [0.2, 0.25) is 0 Å². The van der Waals surface area contributed by atoms with Crippen LogP contribution in [0.5, 0.6) is 0 Å². The van der Waals surface area contributed by atoms with Crippen molar-refractivity contribution in [3.05, 3.63) is 11.6 Å². The molecule has 0 unspecified atom stereocenters. The van der Waals surface area contributed by atoms with Gasteiger partial charge in [-0.3, -0.25) is 0 Å². The molecule has 3 fully saturated rings. The van der Waals surface area contributed by atoms with E-state index in [0.29, 0.717) is 10.8 Å². The minimum Gasteiger partial charge on any atom is -0.390 e. The third-order valence-corrected chi connectivity index (χ3v) is 10.6. The molecule has 4 rings (SSSR count). The van der Waals surface area contributed by atoms with Gasteiger partial charge in [-0.15, -0.1) is 0 Å². The Balaban J connectivity index is 1.50. The molecule has 0 bridgehead atoms. The monoisotopic (exact) mass is 400 g/mol. The van der Waals surface area contributed by atoms with Gasteiger partial charge in [0.15, 0.2) is 0 Å². The Morgan fingerprint density at radius 3 is 2.45 bits per heavy atom. The molecule has 29 heavy (non-hydrogen) atoms. The van der Waals surface area contributed by atoms with Crippen LogP contribution in [0, 0.1) is 46.3 Å². The van der Waals surface area contributed by atoms with Gasteiger partial charge in [-0.2, -0.15) is 0 Å². The maximum Gasteiger partial charge on any atom is 0.0657 e. The normalized spacial score (nSPS) is 47.9. The molecule has 0 radical (unpaired) electrons. The van der Waals surface area contributed by atoms with Crippen molar-refractivity contribution in [3.63, 3.8) is 0 Å². The highest BCUT2D eigenvalue weighted by atomic mass is 16.3. The van der Waals surface area contributed by atoms with Gasteiger partial charge < -0.3 is 5.11 Å². The number of allylic oxidation sites excluding steroid dienone is 1. The van der Waals surface area contributed by atoms with Gasteiger partial charge in [-0.25, -0.2) is 0 Å². The van der Waals surface area contributed by atoms with Crippen LogP contribution < -0.4 is 0 Å². The number of fused-ring (bicyclic) bond motifs is 5. The average molecular weight is 401 g/mol. The molecular weight excluding hydrogens is 352 g/mol. The Labute approximate surface area is 181 Å². The first kappa shape index (κ1) is 21.9. The van der Waals surface area contributed by atoms with Gasteiger partial charge in [0.05, 0.1) is 5.60 Å². The summed E-state index contributed by atoms with van der Waals surface area (Å²) in [5.74, 6) is 5.41. The third-order valence-electron chi connectivity index (χ3n) is 10.6. The Morgan fingerprint density at radius 1 is 0.966 bits per heavy atom. The van der Waals surface area contributed by atoms with Gasteiger partial charge in [0, 0.05) is 0 Å². The summed E-state index contributed by atoms with van der Waals surface area (Å²) in [4.78, 5) is 0. The zero-order chi connectivity index (χ0) is 21.0. The third kappa shape index (κ3) is 3.77. The smallest absolute Gasteiger partial charge is 0.0657 e. The second-order valence-corrected chi connectivity index (χ2v) is 13.0. The van der Waals surface area contributed by atoms with E-state index in [9.17, 15) is 5.11 Å². The van der Waals surface area contributed by atoms with E-state index in [1.54, 1.807) is 5.57 Å². The number of aliphatic hydroxyl groups is 1. The van der Waals surface area contributed by atoms with Crippen molar-refractivity contribution in [1.82, 2.24) is 0 Å². The van der Waals surface area contributed by atoms with Crippen LogP contribution in [-0.2, 0) is 0 Å². The molecule has 0 saturated heterocycles. The molecule has 0 aliphatic heterocycles. The van der Waals surface area contributed by atoms with Crippen LogP contribution in [0.3, 0.4) is 0 Å². The lowest BCUT2D eigenvalue weighted by Crippen LogP contribution is -2.52. The topological polar surface area (TPSA) is 20.2 Å². The maximum absolute atomic E-state index is 10.7. The maximum atomic E-state index is 10.7. The lowest BCUT2D eigenvalue weighted by molar-refractivity contribution is -0.0705. The molecule has 0 amide bonds. The second kappa shape index (κ2) is 7.68. The predicted molar refractivity (Wildman–Crippen MR) is 124 cm³/mol. The average Bonchev–Trinajstić information content (AvgIpc) is 2.99. The fourth-order valence-corrected chi connectivity index (χ4v) is 8.83. The van der Waals surface area contributed by atoms with E-state index in [-0.39, 0.29) is 0 Å². The molecule has 3 saturated carbocycles. The molecule has 0 aromatic rings. The van der Waals surface area contributed by atoms with E-state index in [1.165, 1.54) is 57.8 Å². The van der Waals surface area contributed by atoms with E-state index in [2.05, 4.69) is 47.6 Å². The van der Waals surface area contributed by atoms with Crippen LogP contribution in [0.25, 0.3) is 0 Å². The summed E-state index contributed by atoms with van der Waals surface area (Å²) >= 11 is 0. The predicted octanol–water partition coefficient (Wildman–Crippen LogP) is 7.78. The molecule has 0 aromatic carbocycles. The lowest BCUT2D eigenvalue weighted by atomic mass is 9.46. The van der Waals surface area contributed by atoms with Crippen molar-refractivity contribution in [2.75, 3.05) is 0 Å². The highest BCUT2D eigenvalue weighted by Gasteiger charge is 2.59.